The van der Waals surface area contributed by atoms with E-state index in [1.807, 2.05) is 0 Å². The molecule has 4 atom stereocenters. The fourth-order valence-electron chi connectivity index (χ4n) is 2.34. The summed E-state index contributed by atoms with van der Waals surface area (Å²) in [6, 6.07) is 0.0384. The summed E-state index contributed by atoms with van der Waals surface area (Å²) in [6.07, 6.45) is 0.255. The molecule has 2 heterocycles. The Bertz CT molecular complexity index is 252. The first-order chi connectivity index (χ1) is 6.72. The van der Waals surface area contributed by atoms with Crippen LogP contribution in [0, 0.1) is 0 Å². The standard InChI is InChI=1S/C8H10N2O4/c11-7-9-3-1-4-6(2-5(3)13-7)14-8(12)10-4/h3-6H,1-2H2,(H,9,11)(H,10,12). The maximum atomic E-state index is 10.9. The van der Waals surface area contributed by atoms with Gasteiger partial charge < -0.3 is 20.1 Å². The Balaban J connectivity index is 1.77. The normalized spacial score (nSPS) is 44.3. The Kier molecular flexibility index (Phi) is 1.42. The molecule has 0 radical (unpaired) electrons. The quantitative estimate of drug-likeness (QED) is 0.562. The lowest BCUT2D eigenvalue weighted by atomic mass is 9.87. The third-order valence-corrected chi connectivity index (χ3v) is 2.99. The largest absolute Gasteiger partial charge is 0.444 e. The van der Waals surface area contributed by atoms with Gasteiger partial charge in [-0.3, -0.25) is 0 Å². The Morgan fingerprint density at radius 2 is 1.43 bits per heavy atom. The summed E-state index contributed by atoms with van der Waals surface area (Å²) in [6.45, 7) is 0. The van der Waals surface area contributed by atoms with Crippen molar-refractivity contribution in [1.82, 2.24) is 10.6 Å². The predicted molar refractivity (Wildman–Crippen MR) is 43.6 cm³/mol. The Hall–Kier alpha value is -1.46. The molecule has 3 aliphatic rings. The van der Waals surface area contributed by atoms with Gasteiger partial charge in [-0.1, -0.05) is 0 Å². The van der Waals surface area contributed by atoms with E-state index < -0.39 is 0 Å². The van der Waals surface area contributed by atoms with Crippen LogP contribution in [-0.2, 0) is 9.47 Å². The molecule has 1 aliphatic carbocycles. The van der Waals surface area contributed by atoms with Gasteiger partial charge in [-0.25, -0.2) is 9.59 Å². The lowest BCUT2D eigenvalue weighted by Crippen LogP contribution is -2.48. The van der Waals surface area contributed by atoms with Gasteiger partial charge in [-0.15, -0.1) is 0 Å². The fraction of sp³-hybridized carbons (Fsp3) is 0.750. The van der Waals surface area contributed by atoms with Crippen molar-refractivity contribution in [2.24, 2.45) is 0 Å². The van der Waals surface area contributed by atoms with Crippen LogP contribution in [0.5, 0.6) is 0 Å². The number of carbonyl (C=O) groups is 2. The third-order valence-electron chi connectivity index (χ3n) is 2.99. The molecule has 76 valence electrons. The summed E-state index contributed by atoms with van der Waals surface area (Å²) >= 11 is 0. The Morgan fingerprint density at radius 3 is 1.93 bits per heavy atom. The van der Waals surface area contributed by atoms with E-state index in [4.69, 9.17) is 9.47 Å². The minimum atomic E-state index is -0.369. The van der Waals surface area contributed by atoms with Crippen LogP contribution in [0.15, 0.2) is 0 Å². The molecular weight excluding hydrogens is 188 g/mol. The highest BCUT2D eigenvalue weighted by Crippen LogP contribution is 2.30. The summed E-state index contributed by atoms with van der Waals surface area (Å²) in [5.41, 5.74) is 0. The van der Waals surface area contributed by atoms with Crippen LogP contribution in [0.1, 0.15) is 12.8 Å². The van der Waals surface area contributed by atoms with Gasteiger partial charge >= 0.3 is 12.2 Å². The highest BCUT2D eigenvalue weighted by molar-refractivity contribution is 5.72. The van der Waals surface area contributed by atoms with E-state index >= 15 is 0 Å². The number of amides is 2. The van der Waals surface area contributed by atoms with Crippen molar-refractivity contribution in [2.45, 2.75) is 37.1 Å². The van der Waals surface area contributed by atoms with Gasteiger partial charge in [0.1, 0.15) is 12.2 Å². The Morgan fingerprint density at radius 1 is 0.929 bits per heavy atom. The average molecular weight is 198 g/mol. The fourth-order valence-corrected chi connectivity index (χ4v) is 2.34. The number of carbonyl (C=O) groups excluding carboxylic acids is 2. The summed E-state index contributed by atoms with van der Waals surface area (Å²) in [7, 11) is 0. The third kappa shape index (κ3) is 1.03. The number of fused-ring (bicyclic) bond motifs is 2. The van der Waals surface area contributed by atoms with Crippen molar-refractivity contribution in [3.8, 4) is 0 Å². The predicted octanol–water partition coefficient (Wildman–Crippen LogP) is -0.266. The zero-order valence-electron chi connectivity index (χ0n) is 7.36. The van der Waals surface area contributed by atoms with Gasteiger partial charge in [0.25, 0.3) is 0 Å². The van der Waals surface area contributed by atoms with Crippen molar-refractivity contribution in [2.75, 3.05) is 0 Å². The van der Waals surface area contributed by atoms with Crippen LogP contribution >= 0.6 is 0 Å². The number of rotatable bonds is 0. The topological polar surface area (TPSA) is 76.7 Å². The molecule has 0 spiro atoms. The van der Waals surface area contributed by atoms with Gasteiger partial charge in [-0.05, 0) is 6.42 Å². The zero-order valence-corrected chi connectivity index (χ0v) is 7.36. The highest BCUT2D eigenvalue weighted by atomic mass is 16.6. The van der Waals surface area contributed by atoms with E-state index in [0.717, 1.165) is 0 Å². The van der Waals surface area contributed by atoms with Crippen molar-refractivity contribution in [3.05, 3.63) is 0 Å². The van der Waals surface area contributed by atoms with E-state index in [0.29, 0.717) is 12.8 Å². The zero-order chi connectivity index (χ0) is 9.71. The summed E-state index contributed by atoms with van der Waals surface area (Å²) in [4.78, 5) is 21.9. The maximum absolute atomic E-state index is 10.9. The molecule has 4 unspecified atom stereocenters. The van der Waals surface area contributed by atoms with Crippen molar-refractivity contribution in [1.29, 1.82) is 0 Å². The maximum Gasteiger partial charge on any atom is 0.407 e. The molecule has 14 heavy (non-hydrogen) atoms. The van der Waals surface area contributed by atoms with Crippen LogP contribution in [-0.4, -0.2) is 36.5 Å². The summed E-state index contributed by atoms with van der Waals surface area (Å²) in [5, 5.41) is 5.43. The molecule has 2 saturated heterocycles. The van der Waals surface area contributed by atoms with Gasteiger partial charge in [0.15, 0.2) is 0 Å². The van der Waals surface area contributed by atoms with Crippen LogP contribution in [0.4, 0.5) is 9.59 Å². The van der Waals surface area contributed by atoms with E-state index in [9.17, 15) is 9.59 Å². The minimum Gasteiger partial charge on any atom is -0.444 e. The molecule has 0 bridgehead atoms. The molecule has 6 nitrogen and oxygen atoms in total. The lowest BCUT2D eigenvalue weighted by molar-refractivity contribution is 0.0449. The number of hydrogen-bond donors (Lipinski definition) is 2. The summed E-state index contributed by atoms with van der Waals surface area (Å²) in [5.74, 6) is 0. The molecule has 2 N–H and O–H groups in total. The molecule has 0 aromatic rings. The molecule has 1 saturated carbocycles. The molecule has 6 heteroatoms. The number of ether oxygens (including phenoxy) is 2. The van der Waals surface area contributed by atoms with E-state index in [1.54, 1.807) is 0 Å². The Labute approximate surface area is 79.9 Å². The molecular formula is C8H10N2O4. The molecule has 3 rings (SSSR count). The average Bonchev–Trinajstić information content (AvgIpc) is 2.59. The molecule has 2 amide bonds. The molecule has 2 aliphatic heterocycles. The van der Waals surface area contributed by atoms with Crippen molar-refractivity contribution >= 4 is 12.2 Å². The molecule has 0 aromatic carbocycles. The number of hydrogen-bond acceptors (Lipinski definition) is 4. The number of alkyl carbamates (subject to hydrolysis) is 2. The first-order valence-electron chi connectivity index (χ1n) is 4.66. The van der Waals surface area contributed by atoms with Crippen LogP contribution in [0.3, 0.4) is 0 Å². The first-order valence-corrected chi connectivity index (χ1v) is 4.66. The second-order valence-electron chi connectivity index (χ2n) is 3.86. The van der Waals surface area contributed by atoms with Gasteiger partial charge in [-0.2, -0.15) is 0 Å². The van der Waals surface area contributed by atoms with Gasteiger partial charge in [0.2, 0.25) is 0 Å². The van der Waals surface area contributed by atoms with E-state index in [2.05, 4.69) is 10.6 Å². The van der Waals surface area contributed by atoms with Crippen molar-refractivity contribution in [3.63, 3.8) is 0 Å². The van der Waals surface area contributed by atoms with E-state index in [-0.39, 0.29) is 36.5 Å². The van der Waals surface area contributed by atoms with E-state index in [1.165, 1.54) is 0 Å². The van der Waals surface area contributed by atoms with Crippen LogP contribution in [0.25, 0.3) is 0 Å². The minimum absolute atomic E-state index is 0.0192. The second-order valence-corrected chi connectivity index (χ2v) is 3.86. The lowest BCUT2D eigenvalue weighted by Gasteiger charge is -2.29. The van der Waals surface area contributed by atoms with Gasteiger partial charge in [0, 0.05) is 6.42 Å². The van der Waals surface area contributed by atoms with Crippen molar-refractivity contribution < 1.29 is 19.1 Å². The van der Waals surface area contributed by atoms with Crippen LogP contribution in [0.2, 0.25) is 0 Å². The first kappa shape index (κ1) is 7.90. The summed E-state index contributed by atoms with van der Waals surface area (Å²) < 4.78 is 10.1. The molecule has 0 aromatic heterocycles. The monoisotopic (exact) mass is 198 g/mol. The van der Waals surface area contributed by atoms with Crippen LogP contribution < -0.4 is 10.6 Å². The smallest absolute Gasteiger partial charge is 0.407 e. The second kappa shape index (κ2) is 2.52. The molecule has 3 fully saturated rings. The number of nitrogens with one attached hydrogen (secondary N) is 2. The highest BCUT2D eigenvalue weighted by Gasteiger charge is 2.48. The SMILES string of the molecule is O=C1NC2CC3NC(=O)OC3CC2O1. The van der Waals surface area contributed by atoms with Gasteiger partial charge in [0.05, 0.1) is 12.1 Å².